The summed E-state index contributed by atoms with van der Waals surface area (Å²) in [5.74, 6) is 1.11. The summed E-state index contributed by atoms with van der Waals surface area (Å²) < 4.78 is 0. The van der Waals surface area contributed by atoms with Gasteiger partial charge in [-0.25, -0.2) is 0 Å². The van der Waals surface area contributed by atoms with Gasteiger partial charge in [0.05, 0.1) is 0 Å². The van der Waals surface area contributed by atoms with Crippen molar-refractivity contribution in [3.8, 4) is 0 Å². The number of rotatable bonds is 6. The molecular weight excluding hydrogens is 196 g/mol. The Hall–Kier alpha value is -1.11. The topological polar surface area (TPSA) is 17.1 Å². The van der Waals surface area contributed by atoms with E-state index in [1.54, 1.807) is 0 Å². The minimum absolute atomic E-state index is 0.203. The number of benzene rings is 1. The third-order valence-corrected chi connectivity index (χ3v) is 3.51. The van der Waals surface area contributed by atoms with Crippen molar-refractivity contribution in [3.63, 3.8) is 0 Å². The molecule has 0 heterocycles. The first-order valence-electron chi connectivity index (χ1n) is 6.21. The third-order valence-electron chi connectivity index (χ3n) is 3.51. The van der Waals surface area contributed by atoms with E-state index in [1.807, 2.05) is 18.2 Å². The van der Waals surface area contributed by atoms with Gasteiger partial charge in [-0.1, -0.05) is 57.5 Å². The molecule has 0 aromatic heterocycles. The standard InChI is InChI=1S/C15H22O/c1-4-12(2)13(3)15(16)11-10-14-8-6-5-7-9-14/h5-9,12-13H,4,10-11H2,1-3H3. The summed E-state index contributed by atoms with van der Waals surface area (Å²) in [6, 6.07) is 10.2. The highest BCUT2D eigenvalue weighted by molar-refractivity contribution is 5.81. The fourth-order valence-corrected chi connectivity index (χ4v) is 1.81. The van der Waals surface area contributed by atoms with Crippen molar-refractivity contribution in [1.82, 2.24) is 0 Å². The molecule has 1 aromatic carbocycles. The molecule has 1 aromatic rings. The van der Waals surface area contributed by atoms with Gasteiger partial charge in [-0.05, 0) is 17.9 Å². The van der Waals surface area contributed by atoms with Crippen molar-refractivity contribution in [2.75, 3.05) is 0 Å². The van der Waals surface area contributed by atoms with Crippen LogP contribution < -0.4 is 0 Å². The summed E-state index contributed by atoms with van der Waals surface area (Å²) in [6.45, 7) is 6.36. The number of ketones is 1. The molecule has 16 heavy (non-hydrogen) atoms. The molecule has 0 aliphatic rings. The van der Waals surface area contributed by atoms with Crippen LogP contribution in [0.5, 0.6) is 0 Å². The van der Waals surface area contributed by atoms with E-state index in [0.29, 0.717) is 18.1 Å². The average Bonchev–Trinajstić information content (AvgIpc) is 2.35. The van der Waals surface area contributed by atoms with Gasteiger partial charge >= 0.3 is 0 Å². The number of aryl methyl sites for hydroxylation is 1. The van der Waals surface area contributed by atoms with Gasteiger partial charge in [0.15, 0.2) is 0 Å². The summed E-state index contributed by atoms with van der Waals surface area (Å²) in [4.78, 5) is 11.9. The van der Waals surface area contributed by atoms with Gasteiger partial charge in [-0.2, -0.15) is 0 Å². The van der Waals surface area contributed by atoms with Crippen molar-refractivity contribution in [3.05, 3.63) is 35.9 Å². The molecule has 2 atom stereocenters. The van der Waals surface area contributed by atoms with Gasteiger partial charge in [0.25, 0.3) is 0 Å². The zero-order valence-electron chi connectivity index (χ0n) is 10.6. The fourth-order valence-electron chi connectivity index (χ4n) is 1.81. The number of hydrogen-bond acceptors (Lipinski definition) is 1. The monoisotopic (exact) mass is 218 g/mol. The van der Waals surface area contributed by atoms with Gasteiger partial charge in [0, 0.05) is 12.3 Å². The van der Waals surface area contributed by atoms with Crippen LogP contribution in [-0.2, 0) is 11.2 Å². The molecule has 0 aliphatic heterocycles. The molecule has 1 nitrogen and oxygen atoms in total. The van der Waals surface area contributed by atoms with E-state index in [9.17, 15) is 4.79 Å². The van der Waals surface area contributed by atoms with Crippen molar-refractivity contribution in [1.29, 1.82) is 0 Å². The molecule has 0 saturated carbocycles. The first-order valence-corrected chi connectivity index (χ1v) is 6.21. The maximum absolute atomic E-state index is 11.9. The fraction of sp³-hybridized carbons (Fsp3) is 0.533. The van der Waals surface area contributed by atoms with Crippen molar-refractivity contribution in [2.24, 2.45) is 11.8 Å². The van der Waals surface area contributed by atoms with Crippen LogP contribution in [0.15, 0.2) is 30.3 Å². The summed E-state index contributed by atoms with van der Waals surface area (Å²) in [5.41, 5.74) is 1.26. The first-order chi connectivity index (χ1) is 7.65. The predicted octanol–water partition coefficient (Wildman–Crippen LogP) is 3.87. The number of hydrogen-bond donors (Lipinski definition) is 0. The molecule has 2 unspecified atom stereocenters. The van der Waals surface area contributed by atoms with Gasteiger partial charge < -0.3 is 0 Å². The van der Waals surface area contributed by atoms with Crippen molar-refractivity contribution < 1.29 is 4.79 Å². The van der Waals surface area contributed by atoms with E-state index in [2.05, 4.69) is 32.9 Å². The Balaban J connectivity index is 2.41. The lowest BCUT2D eigenvalue weighted by Gasteiger charge is -2.16. The lowest BCUT2D eigenvalue weighted by atomic mass is 9.87. The molecule has 0 N–H and O–H groups in total. The van der Waals surface area contributed by atoms with Crippen LogP contribution in [0.3, 0.4) is 0 Å². The Morgan fingerprint density at radius 3 is 2.38 bits per heavy atom. The zero-order valence-corrected chi connectivity index (χ0v) is 10.6. The summed E-state index contributed by atoms with van der Waals surface area (Å²) in [5, 5.41) is 0. The quantitative estimate of drug-likeness (QED) is 0.708. The van der Waals surface area contributed by atoms with Crippen LogP contribution in [0, 0.1) is 11.8 Å². The molecule has 1 heteroatoms. The second-order valence-electron chi connectivity index (χ2n) is 4.63. The molecule has 88 valence electrons. The van der Waals surface area contributed by atoms with Crippen LogP contribution in [0.2, 0.25) is 0 Å². The Morgan fingerprint density at radius 2 is 1.81 bits per heavy atom. The molecule has 0 bridgehead atoms. The van der Waals surface area contributed by atoms with Crippen molar-refractivity contribution in [2.45, 2.75) is 40.0 Å². The Labute approximate surface area is 98.9 Å². The molecule has 0 aliphatic carbocycles. The Kier molecular flexibility index (Phi) is 5.24. The van der Waals surface area contributed by atoms with Crippen LogP contribution in [0.25, 0.3) is 0 Å². The van der Waals surface area contributed by atoms with E-state index in [4.69, 9.17) is 0 Å². The highest BCUT2D eigenvalue weighted by Crippen LogP contribution is 2.17. The van der Waals surface area contributed by atoms with Crippen LogP contribution in [0.4, 0.5) is 0 Å². The highest BCUT2D eigenvalue weighted by atomic mass is 16.1. The average molecular weight is 218 g/mol. The molecular formula is C15H22O. The van der Waals surface area contributed by atoms with Gasteiger partial charge in [0.2, 0.25) is 0 Å². The number of Topliss-reactive ketones (excluding diaryl/α,β-unsaturated/α-hetero) is 1. The number of carbonyl (C=O) groups is 1. The molecule has 0 fully saturated rings. The minimum Gasteiger partial charge on any atom is -0.299 e. The summed E-state index contributed by atoms with van der Waals surface area (Å²) >= 11 is 0. The Morgan fingerprint density at radius 1 is 1.19 bits per heavy atom. The first kappa shape index (κ1) is 13.0. The second-order valence-corrected chi connectivity index (χ2v) is 4.63. The summed E-state index contributed by atoms with van der Waals surface area (Å²) in [7, 11) is 0. The normalized spacial score (nSPS) is 14.4. The number of carbonyl (C=O) groups excluding carboxylic acids is 1. The predicted molar refractivity (Wildman–Crippen MR) is 68.4 cm³/mol. The molecule has 0 radical (unpaired) electrons. The van der Waals surface area contributed by atoms with Crippen LogP contribution >= 0.6 is 0 Å². The van der Waals surface area contributed by atoms with Crippen molar-refractivity contribution >= 4 is 5.78 Å². The van der Waals surface area contributed by atoms with Gasteiger partial charge in [-0.15, -0.1) is 0 Å². The molecule has 0 amide bonds. The zero-order chi connectivity index (χ0) is 12.0. The second kappa shape index (κ2) is 6.47. The SMILES string of the molecule is CCC(C)C(C)C(=O)CCc1ccccc1. The van der Waals surface area contributed by atoms with E-state index >= 15 is 0 Å². The third kappa shape index (κ3) is 3.80. The van der Waals surface area contributed by atoms with E-state index in [1.165, 1.54) is 5.56 Å². The lowest BCUT2D eigenvalue weighted by molar-refractivity contribution is -0.123. The van der Waals surface area contributed by atoms with Gasteiger partial charge in [-0.3, -0.25) is 4.79 Å². The molecule has 0 spiro atoms. The maximum Gasteiger partial charge on any atom is 0.136 e. The van der Waals surface area contributed by atoms with Gasteiger partial charge in [0.1, 0.15) is 5.78 Å². The van der Waals surface area contributed by atoms with E-state index < -0.39 is 0 Å². The largest absolute Gasteiger partial charge is 0.299 e. The Bertz CT molecular complexity index is 315. The van der Waals surface area contributed by atoms with E-state index in [0.717, 1.165) is 12.8 Å². The summed E-state index contributed by atoms with van der Waals surface area (Å²) in [6.07, 6.45) is 2.63. The smallest absolute Gasteiger partial charge is 0.136 e. The lowest BCUT2D eigenvalue weighted by Crippen LogP contribution is -2.18. The van der Waals surface area contributed by atoms with E-state index in [-0.39, 0.29) is 5.92 Å². The maximum atomic E-state index is 11.9. The van der Waals surface area contributed by atoms with Crippen LogP contribution in [0.1, 0.15) is 39.2 Å². The highest BCUT2D eigenvalue weighted by Gasteiger charge is 2.17. The minimum atomic E-state index is 0.203. The van der Waals surface area contributed by atoms with Crippen LogP contribution in [-0.4, -0.2) is 5.78 Å². The molecule has 0 saturated heterocycles. The molecule has 1 rings (SSSR count).